The van der Waals surface area contributed by atoms with Crippen LogP contribution >= 0.6 is 23.2 Å². The van der Waals surface area contributed by atoms with Gasteiger partial charge >= 0.3 is 0 Å². The third-order valence-electron chi connectivity index (χ3n) is 2.70. The fourth-order valence-electron chi connectivity index (χ4n) is 1.67. The molecule has 1 fully saturated rings. The van der Waals surface area contributed by atoms with E-state index in [1.807, 2.05) is 30.3 Å². The van der Waals surface area contributed by atoms with Gasteiger partial charge in [-0.3, -0.25) is 0 Å². The van der Waals surface area contributed by atoms with Gasteiger partial charge in [0.05, 0.1) is 12.0 Å². The summed E-state index contributed by atoms with van der Waals surface area (Å²) in [5.74, 6) is 0. The Kier molecular flexibility index (Phi) is 2.06. The van der Waals surface area contributed by atoms with E-state index < -0.39 is 9.75 Å². The summed E-state index contributed by atoms with van der Waals surface area (Å²) >= 11 is 12.0. The van der Waals surface area contributed by atoms with Crippen LogP contribution in [0.1, 0.15) is 12.0 Å². The lowest BCUT2D eigenvalue weighted by Gasteiger charge is -2.14. The average Bonchev–Trinajstić information content (AvgIpc) is 2.72. The molecule has 0 aromatic heterocycles. The topological polar surface area (TPSA) is 20.2 Å². The Morgan fingerprint density at radius 3 is 2.15 bits per heavy atom. The quantitative estimate of drug-likeness (QED) is 0.754. The van der Waals surface area contributed by atoms with E-state index in [-0.39, 0.29) is 6.61 Å². The zero-order valence-electron chi connectivity index (χ0n) is 7.00. The number of hydrogen-bond donors (Lipinski definition) is 1. The van der Waals surface area contributed by atoms with Gasteiger partial charge in [0.1, 0.15) is 4.33 Å². The Hall–Kier alpha value is -0.240. The van der Waals surface area contributed by atoms with Gasteiger partial charge in [-0.15, -0.1) is 23.2 Å². The molecule has 0 aliphatic heterocycles. The predicted molar refractivity (Wildman–Crippen MR) is 54.3 cm³/mol. The summed E-state index contributed by atoms with van der Waals surface area (Å²) in [7, 11) is 0. The van der Waals surface area contributed by atoms with Crippen LogP contribution in [0.2, 0.25) is 0 Å². The smallest absolute Gasteiger partial charge is 0.131 e. The maximum Gasteiger partial charge on any atom is 0.131 e. The van der Waals surface area contributed by atoms with Crippen LogP contribution in [0.5, 0.6) is 0 Å². The number of rotatable bonds is 2. The molecule has 1 aromatic rings. The van der Waals surface area contributed by atoms with E-state index in [4.69, 9.17) is 23.2 Å². The third kappa shape index (κ3) is 1.26. The van der Waals surface area contributed by atoms with Crippen molar-refractivity contribution in [2.45, 2.75) is 16.2 Å². The predicted octanol–water partition coefficient (Wildman–Crippen LogP) is 2.49. The van der Waals surface area contributed by atoms with Crippen molar-refractivity contribution < 1.29 is 5.11 Å². The van der Waals surface area contributed by atoms with Gasteiger partial charge in [0, 0.05) is 0 Å². The van der Waals surface area contributed by atoms with E-state index >= 15 is 0 Å². The van der Waals surface area contributed by atoms with Crippen molar-refractivity contribution in [3.05, 3.63) is 35.9 Å². The summed E-state index contributed by atoms with van der Waals surface area (Å²) in [5, 5.41) is 9.28. The van der Waals surface area contributed by atoms with Gasteiger partial charge in [-0.2, -0.15) is 0 Å². The van der Waals surface area contributed by atoms with Crippen molar-refractivity contribution in [3.63, 3.8) is 0 Å². The third-order valence-corrected chi connectivity index (χ3v) is 3.69. The molecule has 1 N–H and O–H groups in total. The van der Waals surface area contributed by atoms with E-state index in [1.165, 1.54) is 0 Å². The Morgan fingerprint density at radius 2 is 1.77 bits per heavy atom. The van der Waals surface area contributed by atoms with Crippen molar-refractivity contribution in [3.8, 4) is 0 Å². The number of aliphatic hydroxyl groups is 1. The van der Waals surface area contributed by atoms with E-state index in [0.29, 0.717) is 6.42 Å². The normalized spacial score (nSPS) is 30.1. The molecular formula is C10H10Cl2O. The van der Waals surface area contributed by atoms with Gasteiger partial charge in [-0.05, 0) is 12.0 Å². The summed E-state index contributed by atoms with van der Waals surface area (Å²) in [6.45, 7) is 0.00398. The maximum absolute atomic E-state index is 9.28. The molecule has 1 aliphatic carbocycles. The molecule has 1 atom stereocenters. The minimum Gasteiger partial charge on any atom is -0.395 e. The monoisotopic (exact) mass is 216 g/mol. The second-order valence-corrected chi connectivity index (χ2v) is 4.97. The SMILES string of the molecule is OCC1(c2ccccc2)CC1(Cl)Cl. The molecule has 70 valence electrons. The number of benzene rings is 1. The van der Waals surface area contributed by atoms with Crippen molar-refractivity contribution >= 4 is 23.2 Å². The molecule has 3 heteroatoms. The standard InChI is InChI=1S/C10H10Cl2O/c11-10(12)6-9(10,7-13)8-4-2-1-3-5-8/h1-5,13H,6-7H2. The molecule has 1 unspecified atom stereocenters. The molecule has 0 saturated heterocycles. The first-order valence-corrected chi connectivity index (χ1v) is 4.92. The van der Waals surface area contributed by atoms with Crippen LogP contribution < -0.4 is 0 Å². The first-order valence-electron chi connectivity index (χ1n) is 4.17. The number of halogens is 2. The fraction of sp³-hybridized carbons (Fsp3) is 0.400. The highest BCUT2D eigenvalue weighted by molar-refractivity contribution is 6.52. The highest BCUT2D eigenvalue weighted by atomic mass is 35.5. The van der Waals surface area contributed by atoms with Gasteiger partial charge in [0.25, 0.3) is 0 Å². The van der Waals surface area contributed by atoms with Gasteiger partial charge < -0.3 is 5.11 Å². The average molecular weight is 217 g/mol. The van der Waals surface area contributed by atoms with Gasteiger partial charge in [-0.1, -0.05) is 30.3 Å². The second-order valence-electron chi connectivity index (χ2n) is 3.49. The first kappa shape index (κ1) is 9.32. The zero-order valence-corrected chi connectivity index (χ0v) is 8.52. The maximum atomic E-state index is 9.28. The van der Waals surface area contributed by atoms with E-state index in [0.717, 1.165) is 5.56 Å². The lowest BCUT2D eigenvalue weighted by molar-refractivity contribution is 0.253. The summed E-state index contributed by atoms with van der Waals surface area (Å²) in [6, 6.07) is 9.68. The van der Waals surface area contributed by atoms with Gasteiger partial charge in [-0.25, -0.2) is 0 Å². The van der Waals surface area contributed by atoms with Crippen molar-refractivity contribution in [2.24, 2.45) is 0 Å². The summed E-state index contributed by atoms with van der Waals surface area (Å²) in [4.78, 5) is 0. The molecular weight excluding hydrogens is 207 g/mol. The number of hydrogen-bond acceptors (Lipinski definition) is 1. The summed E-state index contributed by atoms with van der Waals surface area (Å²) in [5.41, 5.74) is 0.583. The van der Waals surface area contributed by atoms with Crippen LogP contribution in [-0.2, 0) is 5.41 Å². The Labute approximate surface area is 87.3 Å². The van der Waals surface area contributed by atoms with Crippen LogP contribution in [0.25, 0.3) is 0 Å². The minimum absolute atomic E-state index is 0.00398. The Bertz CT molecular complexity index is 310. The Balaban J connectivity index is 2.37. The van der Waals surface area contributed by atoms with Crippen molar-refractivity contribution in [1.82, 2.24) is 0 Å². The van der Waals surface area contributed by atoms with Gasteiger partial charge in [0.2, 0.25) is 0 Å². The minimum atomic E-state index is -0.789. The Morgan fingerprint density at radius 1 is 1.23 bits per heavy atom. The first-order chi connectivity index (χ1) is 6.12. The lowest BCUT2D eigenvalue weighted by Crippen LogP contribution is -2.19. The zero-order chi connectivity index (χ0) is 9.53. The number of aliphatic hydroxyl groups excluding tert-OH is 1. The molecule has 2 rings (SSSR count). The molecule has 0 amide bonds. The molecule has 1 saturated carbocycles. The molecule has 13 heavy (non-hydrogen) atoms. The van der Waals surface area contributed by atoms with Crippen LogP contribution in [0.3, 0.4) is 0 Å². The van der Waals surface area contributed by atoms with Crippen LogP contribution in [0.15, 0.2) is 30.3 Å². The molecule has 0 heterocycles. The van der Waals surface area contributed by atoms with Crippen LogP contribution in [-0.4, -0.2) is 16.0 Å². The highest BCUT2D eigenvalue weighted by Crippen LogP contribution is 2.64. The van der Waals surface area contributed by atoms with Crippen LogP contribution in [0.4, 0.5) is 0 Å². The fourth-order valence-corrected chi connectivity index (χ4v) is 2.46. The van der Waals surface area contributed by atoms with E-state index in [9.17, 15) is 5.11 Å². The molecule has 0 spiro atoms. The summed E-state index contributed by atoms with van der Waals surface area (Å²) < 4.78 is -0.789. The van der Waals surface area contributed by atoms with Crippen molar-refractivity contribution in [1.29, 1.82) is 0 Å². The van der Waals surface area contributed by atoms with E-state index in [2.05, 4.69) is 0 Å². The summed E-state index contributed by atoms with van der Waals surface area (Å²) in [6.07, 6.45) is 0.629. The second kappa shape index (κ2) is 2.88. The molecule has 1 nitrogen and oxygen atoms in total. The van der Waals surface area contributed by atoms with Crippen LogP contribution in [0, 0.1) is 0 Å². The highest BCUT2D eigenvalue weighted by Gasteiger charge is 2.66. The van der Waals surface area contributed by atoms with Gasteiger partial charge in [0.15, 0.2) is 0 Å². The largest absolute Gasteiger partial charge is 0.395 e. The number of alkyl halides is 2. The molecule has 0 radical (unpaired) electrons. The van der Waals surface area contributed by atoms with Crippen molar-refractivity contribution in [2.75, 3.05) is 6.61 Å². The lowest BCUT2D eigenvalue weighted by atomic mass is 9.97. The molecule has 0 bridgehead atoms. The molecule has 1 aromatic carbocycles. The molecule has 1 aliphatic rings. The van der Waals surface area contributed by atoms with E-state index in [1.54, 1.807) is 0 Å².